The third-order valence-corrected chi connectivity index (χ3v) is 3.27. The quantitative estimate of drug-likeness (QED) is 0.824. The van der Waals surface area contributed by atoms with Crippen LogP contribution in [0.1, 0.15) is 32.3 Å². The lowest BCUT2D eigenvalue weighted by molar-refractivity contribution is -0.125. The Morgan fingerprint density at radius 3 is 2.32 bits per heavy atom. The molecule has 0 aliphatic heterocycles. The normalized spacial score (nSPS) is 10.4. The number of carbonyl (C=O) groups excluding carboxylic acids is 1. The van der Waals surface area contributed by atoms with Crippen LogP contribution in [0.5, 0.6) is 11.5 Å². The molecular weight excluding hydrogens is 242 g/mol. The molecular formula is C15H23NO3. The first-order valence-corrected chi connectivity index (χ1v) is 6.64. The van der Waals surface area contributed by atoms with Gasteiger partial charge in [0.25, 0.3) is 0 Å². The van der Waals surface area contributed by atoms with Crippen LogP contribution < -0.4 is 14.8 Å². The van der Waals surface area contributed by atoms with Crippen LogP contribution in [0.15, 0.2) is 18.2 Å². The Morgan fingerprint density at radius 1 is 1.16 bits per heavy atom. The van der Waals surface area contributed by atoms with Crippen molar-refractivity contribution in [3.05, 3.63) is 23.8 Å². The fraction of sp³-hybridized carbons (Fsp3) is 0.533. The van der Waals surface area contributed by atoms with E-state index in [4.69, 9.17) is 9.47 Å². The number of carbonyl (C=O) groups is 1. The molecule has 0 fully saturated rings. The van der Waals surface area contributed by atoms with Gasteiger partial charge in [-0.25, -0.2) is 0 Å². The van der Waals surface area contributed by atoms with Gasteiger partial charge in [0.15, 0.2) is 11.5 Å². The van der Waals surface area contributed by atoms with Gasteiger partial charge in [-0.15, -0.1) is 0 Å². The van der Waals surface area contributed by atoms with Crippen LogP contribution in [0.3, 0.4) is 0 Å². The molecule has 0 spiro atoms. The largest absolute Gasteiger partial charge is 0.493 e. The van der Waals surface area contributed by atoms with Crippen LogP contribution in [0.4, 0.5) is 0 Å². The van der Waals surface area contributed by atoms with Crippen LogP contribution >= 0.6 is 0 Å². The zero-order valence-electron chi connectivity index (χ0n) is 12.2. The summed E-state index contributed by atoms with van der Waals surface area (Å²) in [6.07, 6.45) is 1.74. The van der Waals surface area contributed by atoms with Gasteiger partial charge in [-0.3, -0.25) is 4.79 Å². The lowest BCUT2D eigenvalue weighted by atomic mass is 10.0. The van der Waals surface area contributed by atoms with Crippen LogP contribution in [0.25, 0.3) is 0 Å². The van der Waals surface area contributed by atoms with E-state index in [2.05, 4.69) is 5.32 Å². The predicted molar refractivity (Wildman–Crippen MR) is 75.5 cm³/mol. The van der Waals surface area contributed by atoms with E-state index >= 15 is 0 Å². The molecule has 0 bridgehead atoms. The number of hydrogen-bond donors (Lipinski definition) is 1. The number of amides is 1. The predicted octanol–water partition coefficient (Wildman–Crippen LogP) is 2.76. The van der Waals surface area contributed by atoms with Crippen LogP contribution in [-0.4, -0.2) is 20.1 Å². The minimum Gasteiger partial charge on any atom is -0.493 e. The van der Waals surface area contributed by atoms with Gasteiger partial charge in [-0.05, 0) is 30.5 Å². The molecule has 19 heavy (non-hydrogen) atoms. The second-order valence-corrected chi connectivity index (χ2v) is 4.42. The minimum atomic E-state index is 0.0974. The first-order chi connectivity index (χ1) is 9.15. The lowest BCUT2D eigenvalue weighted by Crippen LogP contribution is -2.29. The summed E-state index contributed by atoms with van der Waals surface area (Å²) in [7, 11) is 3.21. The molecule has 1 aromatic rings. The zero-order valence-corrected chi connectivity index (χ0v) is 12.2. The monoisotopic (exact) mass is 265 g/mol. The first kappa shape index (κ1) is 15.3. The van der Waals surface area contributed by atoms with Gasteiger partial charge in [-0.1, -0.05) is 19.9 Å². The molecule has 4 nitrogen and oxygen atoms in total. The molecule has 106 valence electrons. The highest BCUT2D eigenvalue weighted by molar-refractivity contribution is 5.78. The summed E-state index contributed by atoms with van der Waals surface area (Å²) in [5.41, 5.74) is 0.997. The van der Waals surface area contributed by atoms with Gasteiger partial charge in [0.1, 0.15) is 0 Å². The average molecular weight is 265 g/mol. The second kappa shape index (κ2) is 7.67. The number of rotatable bonds is 7. The molecule has 0 heterocycles. The molecule has 1 amide bonds. The Labute approximate surface area is 115 Å². The minimum absolute atomic E-state index is 0.0974. The Hall–Kier alpha value is -1.71. The van der Waals surface area contributed by atoms with E-state index in [0.29, 0.717) is 18.0 Å². The van der Waals surface area contributed by atoms with E-state index in [1.807, 2.05) is 32.0 Å². The van der Waals surface area contributed by atoms with Gasteiger partial charge in [0, 0.05) is 12.5 Å². The van der Waals surface area contributed by atoms with Crippen molar-refractivity contribution in [1.29, 1.82) is 0 Å². The molecule has 1 rings (SSSR count). The number of nitrogens with one attached hydrogen (secondary N) is 1. The van der Waals surface area contributed by atoms with Gasteiger partial charge in [-0.2, -0.15) is 0 Å². The highest BCUT2D eigenvalue weighted by Gasteiger charge is 2.13. The van der Waals surface area contributed by atoms with Crippen molar-refractivity contribution in [2.45, 2.75) is 33.2 Å². The topological polar surface area (TPSA) is 47.6 Å². The van der Waals surface area contributed by atoms with Gasteiger partial charge in [0.2, 0.25) is 5.91 Å². The first-order valence-electron chi connectivity index (χ1n) is 6.64. The molecule has 1 aromatic carbocycles. The summed E-state index contributed by atoms with van der Waals surface area (Å²) >= 11 is 0. The highest BCUT2D eigenvalue weighted by atomic mass is 16.5. The fourth-order valence-corrected chi connectivity index (χ4v) is 1.98. The van der Waals surface area contributed by atoms with Gasteiger partial charge >= 0.3 is 0 Å². The molecule has 0 atom stereocenters. The second-order valence-electron chi connectivity index (χ2n) is 4.42. The standard InChI is InChI=1S/C15H23NO3/c1-5-12(6-2)15(17)16-10-11-7-8-13(18-3)14(9-11)19-4/h7-9,12H,5-6,10H2,1-4H3,(H,16,17). The molecule has 0 saturated heterocycles. The molecule has 0 aliphatic rings. The summed E-state index contributed by atoms with van der Waals surface area (Å²) in [4.78, 5) is 11.9. The zero-order chi connectivity index (χ0) is 14.3. The maximum atomic E-state index is 11.9. The smallest absolute Gasteiger partial charge is 0.223 e. The molecule has 0 unspecified atom stereocenters. The Balaban J connectivity index is 2.65. The van der Waals surface area contributed by atoms with Crippen molar-refractivity contribution < 1.29 is 14.3 Å². The van der Waals surface area contributed by atoms with Crippen LogP contribution in [0.2, 0.25) is 0 Å². The number of hydrogen-bond acceptors (Lipinski definition) is 3. The van der Waals surface area contributed by atoms with Crippen molar-refractivity contribution in [1.82, 2.24) is 5.32 Å². The van der Waals surface area contributed by atoms with E-state index < -0.39 is 0 Å². The molecule has 0 radical (unpaired) electrons. The summed E-state index contributed by atoms with van der Waals surface area (Å²) < 4.78 is 10.4. The maximum absolute atomic E-state index is 11.9. The van der Waals surface area contributed by atoms with Crippen molar-refractivity contribution in [2.24, 2.45) is 5.92 Å². The van der Waals surface area contributed by atoms with Gasteiger partial charge in [0.05, 0.1) is 14.2 Å². The van der Waals surface area contributed by atoms with E-state index in [9.17, 15) is 4.79 Å². The van der Waals surface area contributed by atoms with E-state index in [0.717, 1.165) is 18.4 Å². The van der Waals surface area contributed by atoms with Crippen molar-refractivity contribution in [3.8, 4) is 11.5 Å². The summed E-state index contributed by atoms with van der Waals surface area (Å²) in [6.45, 7) is 4.57. The van der Waals surface area contributed by atoms with Gasteiger partial charge < -0.3 is 14.8 Å². The van der Waals surface area contributed by atoms with Crippen LogP contribution in [-0.2, 0) is 11.3 Å². The van der Waals surface area contributed by atoms with E-state index in [1.165, 1.54) is 0 Å². The number of ether oxygens (including phenoxy) is 2. The summed E-state index contributed by atoms with van der Waals surface area (Å²) in [5.74, 6) is 1.58. The van der Waals surface area contributed by atoms with Crippen molar-refractivity contribution >= 4 is 5.91 Å². The average Bonchev–Trinajstić information content (AvgIpc) is 2.45. The molecule has 0 saturated carbocycles. The number of benzene rings is 1. The van der Waals surface area contributed by atoms with Crippen molar-refractivity contribution in [3.63, 3.8) is 0 Å². The van der Waals surface area contributed by atoms with Crippen LogP contribution in [0, 0.1) is 5.92 Å². The number of methoxy groups -OCH3 is 2. The van der Waals surface area contributed by atoms with E-state index in [1.54, 1.807) is 14.2 Å². The molecule has 4 heteroatoms. The molecule has 0 aliphatic carbocycles. The molecule has 0 aromatic heterocycles. The Bertz CT molecular complexity index is 414. The third-order valence-electron chi connectivity index (χ3n) is 3.27. The summed E-state index contributed by atoms with van der Waals surface area (Å²) in [5, 5.41) is 2.95. The molecule has 1 N–H and O–H groups in total. The third kappa shape index (κ3) is 4.16. The lowest BCUT2D eigenvalue weighted by Gasteiger charge is -2.14. The Morgan fingerprint density at radius 2 is 1.79 bits per heavy atom. The highest BCUT2D eigenvalue weighted by Crippen LogP contribution is 2.27. The van der Waals surface area contributed by atoms with Crippen molar-refractivity contribution in [2.75, 3.05) is 14.2 Å². The fourth-order valence-electron chi connectivity index (χ4n) is 1.98. The van der Waals surface area contributed by atoms with E-state index in [-0.39, 0.29) is 11.8 Å². The Kier molecular flexibility index (Phi) is 6.19. The maximum Gasteiger partial charge on any atom is 0.223 e. The SMILES string of the molecule is CCC(CC)C(=O)NCc1ccc(OC)c(OC)c1. The summed E-state index contributed by atoms with van der Waals surface area (Å²) in [6, 6.07) is 5.65.